The second-order valence-electron chi connectivity index (χ2n) is 4.47. The topological polar surface area (TPSA) is 72.3 Å². The van der Waals surface area contributed by atoms with Crippen molar-refractivity contribution < 1.29 is 14.0 Å². The smallest absolute Gasteiger partial charge is 0.230 e. The summed E-state index contributed by atoms with van der Waals surface area (Å²) >= 11 is 0. The molecule has 0 radical (unpaired) electrons. The summed E-state index contributed by atoms with van der Waals surface area (Å²) in [5.41, 5.74) is 0.829. The van der Waals surface area contributed by atoms with Crippen molar-refractivity contribution in [3.63, 3.8) is 0 Å². The lowest BCUT2D eigenvalue weighted by Crippen LogP contribution is -2.17. The Balaban J connectivity index is 1.76. The minimum absolute atomic E-state index is 0.164. The zero-order valence-electron chi connectivity index (χ0n) is 9.37. The van der Waals surface area contributed by atoms with Gasteiger partial charge in [-0.1, -0.05) is 5.16 Å². The zero-order chi connectivity index (χ0) is 11.7. The maximum Gasteiger partial charge on any atom is 0.230 e. The molecule has 17 heavy (non-hydrogen) atoms. The van der Waals surface area contributed by atoms with E-state index in [0.717, 1.165) is 31.2 Å². The Morgan fingerprint density at radius 3 is 2.76 bits per heavy atom. The molecule has 5 nitrogen and oxygen atoms in total. The molecular weight excluding hydrogens is 220 g/mol. The van der Waals surface area contributed by atoms with E-state index < -0.39 is 0 Å². The van der Waals surface area contributed by atoms with Crippen LogP contribution >= 0.6 is 0 Å². The van der Waals surface area contributed by atoms with Crippen LogP contribution in [0.3, 0.4) is 0 Å². The Morgan fingerprint density at radius 1 is 1.24 bits per heavy atom. The number of nitrogens with zero attached hydrogens (tertiary/aromatic N) is 2. The Kier molecular flexibility index (Phi) is 2.68. The zero-order valence-corrected chi connectivity index (χ0v) is 9.37. The molecule has 0 aliphatic heterocycles. The van der Waals surface area contributed by atoms with Crippen molar-refractivity contribution in [2.75, 3.05) is 0 Å². The lowest BCUT2D eigenvalue weighted by molar-refractivity contribution is 0.116. The van der Waals surface area contributed by atoms with Crippen molar-refractivity contribution in [3.05, 3.63) is 24.5 Å². The summed E-state index contributed by atoms with van der Waals surface area (Å²) in [5, 5.41) is 13.4. The molecule has 90 valence electrons. The highest BCUT2D eigenvalue weighted by molar-refractivity contribution is 5.51. The van der Waals surface area contributed by atoms with E-state index in [2.05, 4.69) is 10.1 Å². The number of hydrogen-bond donors (Lipinski definition) is 1. The fourth-order valence-electron chi connectivity index (χ4n) is 2.23. The van der Waals surface area contributed by atoms with Crippen molar-refractivity contribution in [2.45, 2.75) is 37.7 Å². The van der Waals surface area contributed by atoms with Crippen molar-refractivity contribution in [2.24, 2.45) is 0 Å². The molecule has 0 unspecified atom stereocenters. The Bertz CT molecular complexity index is 470. The summed E-state index contributed by atoms with van der Waals surface area (Å²) in [6, 6.07) is 1.80. The van der Waals surface area contributed by atoms with E-state index in [-0.39, 0.29) is 12.0 Å². The van der Waals surface area contributed by atoms with E-state index in [9.17, 15) is 5.11 Å². The van der Waals surface area contributed by atoms with Crippen LogP contribution in [0.4, 0.5) is 0 Å². The lowest BCUT2D eigenvalue weighted by Gasteiger charge is -2.22. The average Bonchev–Trinajstić information content (AvgIpc) is 3.00. The molecule has 2 aromatic heterocycles. The number of rotatable bonds is 2. The van der Waals surface area contributed by atoms with Gasteiger partial charge in [-0.05, 0) is 31.7 Å². The third-order valence-electron chi connectivity index (χ3n) is 3.27. The van der Waals surface area contributed by atoms with Gasteiger partial charge < -0.3 is 14.0 Å². The van der Waals surface area contributed by atoms with Crippen LogP contribution in [0.1, 0.15) is 37.5 Å². The van der Waals surface area contributed by atoms with E-state index in [1.807, 2.05) is 0 Å². The Hall–Kier alpha value is -1.62. The maximum absolute atomic E-state index is 9.45. The van der Waals surface area contributed by atoms with Crippen LogP contribution in [-0.4, -0.2) is 21.4 Å². The molecule has 1 fully saturated rings. The minimum Gasteiger partial charge on any atom is -0.472 e. The van der Waals surface area contributed by atoms with E-state index in [1.54, 1.807) is 18.6 Å². The molecule has 0 amide bonds. The first-order chi connectivity index (χ1) is 8.33. The predicted octanol–water partition coefficient (Wildman–Crippen LogP) is 2.35. The second kappa shape index (κ2) is 4.33. The quantitative estimate of drug-likeness (QED) is 0.863. The normalized spacial score (nSPS) is 25.0. The molecule has 0 aromatic carbocycles. The molecule has 2 aromatic rings. The molecule has 0 atom stereocenters. The number of hydrogen-bond acceptors (Lipinski definition) is 5. The third kappa shape index (κ3) is 2.10. The summed E-state index contributed by atoms with van der Waals surface area (Å²) in [6.07, 6.45) is 6.47. The molecule has 5 heteroatoms. The van der Waals surface area contributed by atoms with E-state index >= 15 is 0 Å². The van der Waals surface area contributed by atoms with Crippen LogP contribution in [0.2, 0.25) is 0 Å². The molecule has 1 aliphatic carbocycles. The highest BCUT2D eigenvalue weighted by Crippen LogP contribution is 2.32. The molecule has 0 bridgehead atoms. The highest BCUT2D eigenvalue weighted by atomic mass is 16.5. The third-order valence-corrected chi connectivity index (χ3v) is 3.27. The van der Waals surface area contributed by atoms with Crippen molar-refractivity contribution in [1.82, 2.24) is 10.1 Å². The first-order valence-corrected chi connectivity index (χ1v) is 5.87. The largest absolute Gasteiger partial charge is 0.472 e. The summed E-state index contributed by atoms with van der Waals surface area (Å²) in [4.78, 5) is 4.38. The van der Waals surface area contributed by atoms with Gasteiger partial charge in [-0.3, -0.25) is 0 Å². The molecule has 0 saturated heterocycles. The summed E-state index contributed by atoms with van der Waals surface area (Å²) in [7, 11) is 0. The van der Waals surface area contributed by atoms with Gasteiger partial charge in [0.1, 0.15) is 6.26 Å². The van der Waals surface area contributed by atoms with Crippen molar-refractivity contribution in [3.8, 4) is 11.4 Å². The van der Waals surface area contributed by atoms with Gasteiger partial charge in [0.2, 0.25) is 11.7 Å². The Morgan fingerprint density at radius 2 is 2.06 bits per heavy atom. The summed E-state index contributed by atoms with van der Waals surface area (Å²) in [6.45, 7) is 0. The minimum atomic E-state index is -0.164. The predicted molar refractivity (Wildman–Crippen MR) is 59.2 cm³/mol. The van der Waals surface area contributed by atoms with Gasteiger partial charge in [-0.15, -0.1) is 0 Å². The fourth-order valence-corrected chi connectivity index (χ4v) is 2.23. The number of aliphatic hydroxyl groups excluding tert-OH is 1. The van der Waals surface area contributed by atoms with Crippen molar-refractivity contribution in [1.29, 1.82) is 0 Å². The van der Waals surface area contributed by atoms with Crippen LogP contribution in [0, 0.1) is 0 Å². The van der Waals surface area contributed by atoms with Crippen LogP contribution < -0.4 is 0 Å². The molecular formula is C12H14N2O3. The van der Waals surface area contributed by atoms with Gasteiger partial charge in [0, 0.05) is 5.92 Å². The number of furan rings is 1. The van der Waals surface area contributed by atoms with Gasteiger partial charge >= 0.3 is 0 Å². The Labute approximate surface area is 98.4 Å². The molecule has 1 N–H and O–H groups in total. The monoisotopic (exact) mass is 234 g/mol. The second-order valence-corrected chi connectivity index (χ2v) is 4.47. The van der Waals surface area contributed by atoms with Gasteiger partial charge in [-0.2, -0.15) is 4.98 Å². The van der Waals surface area contributed by atoms with Gasteiger partial charge in [0.25, 0.3) is 0 Å². The SMILES string of the molecule is OC1CCC(c2nc(-c3ccoc3)no2)CC1. The standard InChI is InChI=1S/C12H14N2O3/c15-10-3-1-8(2-4-10)12-13-11(14-17-12)9-5-6-16-7-9/h5-8,10,15H,1-4H2. The highest BCUT2D eigenvalue weighted by Gasteiger charge is 2.25. The van der Waals surface area contributed by atoms with Gasteiger partial charge in [-0.25, -0.2) is 0 Å². The van der Waals surface area contributed by atoms with Crippen LogP contribution in [0.5, 0.6) is 0 Å². The fraction of sp³-hybridized carbons (Fsp3) is 0.500. The molecule has 1 saturated carbocycles. The first kappa shape index (κ1) is 10.5. The van der Waals surface area contributed by atoms with Crippen LogP contribution in [0.15, 0.2) is 27.5 Å². The summed E-state index contributed by atoms with van der Waals surface area (Å²) < 4.78 is 10.3. The van der Waals surface area contributed by atoms with Crippen LogP contribution in [-0.2, 0) is 0 Å². The molecule has 0 spiro atoms. The summed E-state index contributed by atoms with van der Waals surface area (Å²) in [5.74, 6) is 1.53. The van der Waals surface area contributed by atoms with Gasteiger partial charge in [0.05, 0.1) is 17.9 Å². The van der Waals surface area contributed by atoms with Crippen LogP contribution in [0.25, 0.3) is 11.4 Å². The molecule has 2 heterocycles. The van der Waals surface area contributed by atoms with E-state index in [1.165, 1.54) is 0 Å². The van der Waals surface area contributed by atoms with E-state index in [4.69, 9.17) is 8.94 Å². The van der Waals surface area contributed by atoms with Crippen molar-refractivity contribution >= 4 is 0 Å². The van der Waals surface area contributed by atoms with E-state index in [0.29, 0.717) is 11.7 Å². The average molecular weight is 234 g/mol. The molecule has 1 aliphatic rings. The molecule has 3 rings (SSSR count). The lowest BCUT2D eigenvalue weighted by atomic mass is 9.87. The number of aromatic nitrogens is 2. The first-order valence-electron chi connectivity index (χ1n) is 5.87. The maximum atomic E-state index is 9.45. The van der Waals surface area contributed by atoms with Gasteiger partial charge in [0.15, 0.2) is 0 Å². The number of aliphatic hydroxyl groups is 1.